The van der Waals surface area contributed by atoms with Crippen LogP contribution in [0.3, 0.4) is 0 Å². The molecule has 10 heteroatoms. The van der Waals surface area contributed by atoms with Gasteiger partial charge in [-0.3, -0.25) is 4.52 Å². The summed E-state index contributed by atoms with van der Waals surface area (Å²) in [5.41, 5.74) is 0. The molecule has 0 aliphatic rings. The van der Waals surface area contributed by atoms with Gasteiger partial charge in [0, 0.05) is 0 Å². The summed E-state index contributed by atoms with van der Waals surface area (Å²) in [6.45, 7) is -1.02. The average molecular weight is 260 g/mol. The molecule has 0 saturated heterocycles. The molecule has 0 fully saturated rings. The van der Waals surface area contributed by atoms with Gasteiger partial charge in [0.25, 0.3) is 0 Å². The highest BCUT2D eigenvalue weighted by Gasteiger charge is 2.35. The van der Waals surface area contributed by atoms with E-state index in [0.29, 0.717) is 0 Å². The van der Waals surface area contributed by atoms with Gasteiger partial charge < -0.3 is 35.0 Å². The Morgan fingerprint density at radius 1 is 1.19 bits per heavy atom. The standard InChI is InChI=1S/C6H13O9P/c7-1-3(9)5(10)6(11)4(2-8)15-16(12,13)14/h1,3-6,8-11H,2H2,(H2,12,13,14)/t3-,4+,5-,6+/m0/s1. The van der Waals surface area contributed by atoms with Crippen molar-refractivity contribution in [1.29, 1.82) is 0 Å². The van der Waals surface area contributed by atoms with Gasteiger partial charge in [-0.2, -0.15) is 0 Å². The monoisotopic (exact) mass is 260 g/mol. The molecule has 96 valence electrons. The molecule has 0 spiro atoms. The Hall–Kier alpha value is -0.380. The summed E-state index contributed by atoms with van der Waals surface area (Å²) < 4.78 is 14.3. The second-order valence-electron chi connectivity index (χ2n) is 2.92. The maximum atomic E-state index is 10.4. The van der Waals surface area contributed by atoms with Crippen LogP contribution in [-0.4, -0.2) is 67.5 Å². The van der Waals surface area contributed by atoms with E-state index in [-0.39, 0.29) is 6.29 Å². The Morgan fingerprint density at radius 3 is 2.00 bits per heavy atom. The summed E-state index contributed by atoms with van der Waals surface area (Å²) in [6, 6.07) is 0. The van der Waals surface area contributed by atoms with E-state index in [2.05, 4.69) is 4.52 Å². The molecular formula is C6H13O9P. The van der Waals surface area contributed by atoms with Gasteiger partial charge in [-0.05, 0) is 0 Å². The lowest BCUT2D eigenvalue weighted by atomic mass is 10.0. The fourth-order valence-electron chi connectivity index (χ4n) is 0.882. The van der Waals surface area contributed by atoms with Gasteiger partial charge in [0.05, 0.1) is 6.61 Å². The average Bonchev–Trinajstić information content (AvgIpc) is 2.21. The summed E-state index contributed by atoms with van der Waals surface area (Å²) in [5, 5.41) is 35.8. The fraction of sp³-hybridized carbons (Fsp3) is 0.833. The highest BCUT2D eigenvalue weighted by Crippen LogP contribution is 2.38. The minimum atomic E-state index is -4.97. The summed E-state index contributed by atoms with van der Waals surface area (Å²) in [4.78, 5) is 26.9. The molecule has 4 atom stereocenters. The lowest BCUT2D eigenvalue weighted by Gasteiger charge is -2.26. The van der Waals surface area contributed by atoms with E-state index in [0.717, 1.165) is 0 Å². The highest BCUT2D eigenvalue weighted by atomic mass is 31.2. The predicted octanol–water partition coefficient (Wildman–Crippen LogP) is -3.26. The van der Waals surface area contributed by atoms with Crippen molar-refractivity contribution in [3.63, 3.8) is 0 Å². The Bertz CT molecular complexity index is 263. The van der Waals surface area contributed by atoms with Crippen molar-refractivity contribution in [3.05, 3.63) is 0 Å². The van der Waals surface area contributed by atoms with Gasteiger partial charge in [0.1, 0.15) is 24.4 Å². The molecule has 0 aromatic heterocycles. The molecule has 16 heavy (non-hydrogen) atoms. The third-order valence-electron chi connectivity index (χ3n) is 1.67. The maximum absolute atomic E-state index is 10.4. The number of carbonyl (C=O) groups is 1. The summed E-state index contributed by atoms with van der Waals surface area (Å²) >= 11 is 0. The zero-order valence-electron chi connectivity index (χ0n) is 7.95. The van der Waals surface area contributed by atoms with Crippen molar-refractivity contribution >= 4 is 14.1 Å². The molecule has 0 rings (SSSR count). The minimum Gasteiger partial charge on any atom is -0.394 e. The van der Waals surface area contributed by atoms with Crippen LogP contribution in [0.4, 0.5) is 0 Å². The smallest absolute Gasteiger partial charge is 0.394 e. The zero-order chi connectivity index (χ0) is 12.9. The second kappa shape index (κ2) is 6.38. The maximum Gasteiger partial charge on any atom is 0.470 e. The molecule has 0 aliphatic carbocycles. The molecule has 0 saturated carbocycles. The first kappa shape index (κ1) is 15.6. The van der Waals surface area contributed by atoms with E-state index in [1.54, 1.807) is 0 Å². The molecule has 0 aliphatic heterocycles. The van der Waals surface area contributed by atoms with Crippen LogP contribution in [0.25, 0.3) is 0 Å². The third-order valence-corrected chi connectivity index (χ3v) is 2.22. The van der Waals surface area contributed by atoms with Gasteiger partial charge in [0.15, 0.2) is 6.29 Å². The number of rotatable bonds is 7. The first-order valence-electron chi connectivity index (χ1n) is 4.07. The van der Waals surface area contributed by atoms with Crippen LogP contribution in [0.2, 0.25) is 0 Å². The zero-order valence-corrected chi connectivity index (χ0v) is 8.84. The molecule has 0 aromatic carbocycles. The first-order valence-corrected chi connectivity index (χ1v) is 5.60. The normalized spacial score (nSPS) is 19.9. The number of phosphoric acid groups is 1. The number of hydrogen-bond acceptors (Lipinski definition) is 7. The first-order chi connectivity index (χ1) is 7.22. The van der Waals surface area contributed by atoms with E-state index < -0.39 is 38.8 Å². The molecule has 0 heterocycles. The van der Waals surface area contributed by atoms with Crippen molar-refractivity contribution in [3.8, 4) is 0 Å². The minimum absolute atomic E-state index is 0.0835. The van der Waals surface area contributed by atoms with Gasteiger partial charge >= 0.3 is 7.82 Å². The van der Waals surface area contributed by atoms with E-state index in [1.165, 1.54) is 0 Å². The number of aliphatic hydroxyl groups excluding tert-OH is 4. The molecular weight excluding hydrogens is 247 g/mol. The number of hydrogen-bond donors (Lipinski definition) is 6. The summed E-state index contributed by atoms with van der Waals surface area (Å²) in [6.07, 6.45) is -7.92. The van der Waals surface area contributed by atoms with Crippen molar-refractivity contribution in [2.75, 3.05) is 6.61 Å². The SMILES string of the molecule is O=C[C@H](O)[C@H](O)[C@H](O)[C@@H](CO)OP(=O)(O)O. The van der Waals surface area contributed by atoms with E-state index in [1.807, 2.05) is 0 Å². The van der Waals surface area contributed by atoms with Crippen LogP contribution in [0, 0.1) is 0 Å². The third kappa shape index (κ3) is 5.10. The lowest BCUT2D eigenvalue weighted by Crippen LogP contribution is -2.47. The van der Waals surface area contributed by atoms with Gasteiger partial charge in [0.2, 0.25) is 0 Å². The van der Waals surface area contributed by atoms with Crippen molar-refractivity contribution in [2.24, 2.45) is 0 Å². The van der Waals surface area contributed by atoms with Crippen LogP contribution in [0.5, 0.6) is 0 Å². The largest absolute Gasteiger partial charge is 0.470 e. The molecule has 9 nitrogen and oxygen atoms in total. The molecule has 0 unspecified atom stereocenters. The Balaban J connectivity index is 4.58. The van der Waals surface area contributed by atoms with Crippen LogP contribution in [-0.2, 0) is 13.9 Å². The fourth-order valence-corrected chi connectivity index (χ4v) is 1.43. The molecule has 6 N–H and O–H groups in total. The van der Waals surface area contributed by atoms with Gasteiger partial charge in [-0.1, -0.05) is 0 Å². The topological polar surface area (TPSA) is 165 Å². The Kier molecular flexibility index (Phi) is 6.23. The van der Waals surface area contributed by atoms with Crippen LogP contribution in [0.15, 0.2) is 0 Å². The highest BCUT2D eigenvalue weighted by molar-refractivity contribution is 7.46. The number of carbonyl (C=O) groups excluding carboxylic acids is 1. The second-order valence-corrected chi connectivity index (χ2v) is 4.12. The Morgan fingerprint density at radius 2 is 1.69 bits per heavy atom. The Labute approximate surface area is 90.2 Å². The van der Waals surface area contributed by atoms with Gasteiger partial charge in [-0.25, -0.2) is 4.57 Å². The van der Waals surface area contributed by atoms with E-state index in [4.69, 9.17) is 25.1 Å². The van der Waals surface area contributed by atoms with Crippen molar-refractivity contribution < 1.29 is 44.1 Å². The van der Waals surface area contributed by atoms with Crippen LogP contribution < -0.4 is 0 Å². The van der Waals surface area contributed by atoms with E-state index in [9.17, 15) is 14.5 Å². The molecule has 0 amide bonds. The molecule has 0 bridgehead atoms. The predicted molar refractivity (Wildman–Crippen MR) is 48.1 cm³/mol. The van der Waals surface area contributed by atoms with Crippen LogP contribution >= 0.6 is 7.82 Å². The number of aldehydes is 1. The van der Waals surface area contributed by atoms with Crippen molar-refractivity contribution in [2.45, 2.75) is 24.4 Å². The molecule has 0 aromatic rings. The van der Waals surface area contributed by atoms with Gasteiger partial charge in [-0.15, -0.1) is 0 Å². The number of phosphoric ester groups is 1. The lowest BCUT2D eigenvalue weighted by molar-refractivity contribution is -0.135. The van der Waals surface area contributed by atoms with Crippen molar-refractivity contribution in [1.82, 2.24) is 0 Å². The quantitative estimate of drug-likeness (QED) is 0.203. The van der Waals surface area contributed by atoms with Crippen LogP contribution in [0.1, 0.15) is 0 Å². The summed E-state index contributed by atoms with van der Waals surface area (Å²) in [7, 11) is -4.97. The molecule has 0 radical (unpaired) electrons. The summed E-state index contributed by atoms with van der Waals surface area (Å²) in [5.74, 6) is 0. The number of aliphatic hydroxyl groups is 4. The van der Waals surface area contributed by atoms with E-state index >= 15 is 0 Å².